The summed E-state index contributed by atoms with van der Waals surface area (Å²) >= 11 is 11.3. The van der Waals surface area contributed by atoms with Gasteiger partial charge in [0, 0.05) is 0 Å². The van der Waals surface area contributed by atoms with Crippen LogP contribution in [0.3, 0.4) is 0 Å². The Hall–Kier alpha value is 0.530. The molecule has 1 aliphatic heterocycles. The summed E-state index contributed by atoms with van der Waals surface area (Å²) in [4.78, 5) is 0. The zero-order chi connectivity index (χ0) is 9.97. The van der Waals surface area contributed by atoms with E-state index in [1.54, 1.807) is 0 Å². The van der Waals surface area contributed by atoms with E-state index in [2.05, 4.69) is 6.07 Å². The average Bonchev–Trinajstić information content (AvgIpc) is 2.23. The second kappa shape index (κ2) is 5.04. The van der Waals surface area contributed by atoms with Crippen LogP contribution in [0.2, 0.25) is 10.0 Å². The van der Waals surface area contributed by atoms with E-state index >= 15 is 0 Å². The van der Waals surface area contributed by atoms with Gasteiger partial charge in [0.2, 0.25) is 0 Å². The van der Waals surface area contributed by atoms with Gasteiger partial charge in [-0.25, -0.2) is 0 Å². The number of benzene rings is 1. The molecule has 3 heteroatoms. The maximum absolute atomic E-state index is 6.23. The summed E-state index contributed by atoms with van der Waals surface area (Å²) < 4.78 is 4.25. The van der Waals surface area contributed by atoms with Crippen LogP contribution in [0.25, 0.3) is 0 Å². The van der Waals surface area contributed by atoms with Crippen molar-refractivity contribution in [3.63, 3.8) is 0 Å². The number of hydrogen-bond acceptors (Lipinski definition) is 0. The summed E-state index contributed by atoms with van der Waals surface area (Å²) in [5.74, 6) is 0. The third kappa shape index (κ3) is 2.37. The van der Waals surface area contributed by atoms with Crippen LogP contribution in [0.4, 0.5) is 0 Å². The topological polar surface area (TPSA) is 0 Å². The molecule has 1 aliphatic rings. The minimum absolute atomic E-state index is 0.729. The molecular formula is C11H13Cl2I. The van der Waals surface area contributed by atoms with Gasteiger partial charge in [0.05, 0.1) is 0 Å². The first-order valence-corrected chi connectivity index (χ1v) is 9.73. The Bertz CT molecular complexity index is 319. The van der Waals surface area contributed by atoms with E-state index < -0.39 is 19.8 Å². The van der Waals surface area contributed by atoms with Gasteiger partial charge >= 0.3 is 103 Å². The van der Waals surface area contributed by atoms with Crippen molar-refractivity contribution < 1.29 is 0 Å². The first-order chi connectivity index (χ1) is 6.79. The van der Waals surface area contributed by atoms with Crippen molar-refractivity contribution in [2.24, 2.45) is 0 Å². The Kier molecular flexibility index (Phi) is 3.97. The van der Waals surface area contributed by atoms with Crippen LogP contribution in [0.5, 0.6) is 0 Å². The van der Waals surface area contributed by atoms with Crippen molar-refractivity contribution in [2.75, 3.05) is 8.86 Å². The Morgan fingerprint density at radius 1 is 1.00 bits per heavy atom. The fraction of sp³-hybridized carbons (Fsp3) is 0.455. The van der Waals surface area contributed by atoms with Crippen LogP contribution >= 0.6 is 43.0 Å². The van der Waals surface area contributed by atoms with Crippen molar-refractivity contribution in [3.8, 4) is 0 Å². The molecule has 14 heavy (non-hydrogen) atoms. The number of hydrogen-bond donors (Lipinski definition) is 0. The minimum atomic E-state index is -0.948. The third-order valence-corrected chi connectivity index (χ3v) is 10.2. The van der Waals surface area contributed by atoms with E-state index in [0.29, 0.717) is 0 Å². The second-order valence-corrected chi connectivity index (χ2v) is 10.1. The van der Waals surface area contributed by atoms with Crippen molar-refractivity contribution in [1.82, 2.24) is 0 Å². The van der Waals surface area contributed by atoms with Crippen LogP contribution in [0, 0.1) is 3.57 Å². The molecule has 0 radical (unpaired) electrons. The van der Waals surface area contributed by atoms with Gasteiger partial charge in [-0.15, -0.1) is 0 Å². The Balaban J connectivity index is 2.26. The van der Waals surface area contributed by atoms with E-state index in [9.17, 15) is 0 Å². The van der Waals surface area contributed by atoms with Crippen molar-refractivity contribution >= 4 is 43.0 Å². The van der Waals surface area contributed by atoms with E-state index in [0.717, 1.165) is 10.0 Å². The normalized spacial score (nSPS) is 19.7. The molecule has 1 aromatic rings. The van der Waals surface area contributed by atoms with E-state index in [4.69, 9.17) is 23.2 Å². The van der Waals surface area contributed by atoms with Gasteiger partial charge in [-0.2, -0.15) is 0 Å². The summed E-state index contributed by atoms with van der Waals surface area (Å²) in [6.45, 7) is 0. The predicted molar refractivity (Wildman–Crippen MR) is 72.8 cm³/mol. The van der Waals surface area contributed by atoms with Gasteiger partial charge in [-0.3, -0.25) is 0 Å². The zero-order valence-electron chi connectivity index (χ0n) is 7.90. The van der Waals surface area contributed by atoms with Crippen molar-refractivity contribution in [1.29, 1.82) is 0 Å². The molecule has 78 valence electrons. The SMILES string of the molecule is Clc1cccc(I2CCCCC2)c1Cl. The molecule has 0 unspecified atom stereocenters. The standard InChI is InChI=1S/C11H13Cl2I/c12-9-5-4-6-10(11(9)13)14-7-2-1-3-8-14/h4-6H,1-3,7-8H2. The fourth-order valence-corrected chi connectivity index (χ4v) is 9.11. The second-order valence-electron chi connectivity index (χ2n) is 3.43. The fourth-order valence-electron chi connectivity index (χ4n) is 1.67. The Labute approximate surface area is 102 Å². The summed E-state index contributed by atoms with van der Waals surface area (Å²) in [7, 11) is 0. The summed E-state index contributed by atoms with van der Waals surface area (Å²) in [5, 5.41) is 1.56. The monoisotopic (exact) mass is 342 g/mol. The summed E-state index contributed by atoms with van der Waals surface area (Å²) in [5.41, 5.74) is 0. The average molecular weight is 343 g/mol. The van der Waals surface area contributed by atoms with Crippen molar-refractivity contribution in [2.45, 2.75) is 19.3 Å². The molecule has 0 spiro atoms. The van der Waals surface area contributed by atoms with Crippen molar-refractivity contribution in [3.05, 3.63) is 31.8 Å². The van der Waals surface area contributed by atoms with Gasteiger partial charge in [-0.05, 0) is 0 Å². The summed E-state index contributed by atoms with van der Waals surface area (Å²) in [6, 6.07) is 6.10. The number of rotatable bonds is 1. The van der Waals surface area contributed by atoms with Crippen LogP contribution < -0.4 is 0 Å². The van der Waals surface area contributed by atoms with Gasteiger partial charge in [0.15, 0.2) is 0 Å². The molecule has 1 aromatic carbocycles. The van der Waals surface area contributed by atoms with Gasteiger partial charge < -0.3 is 0 Å². The Morgan fingerprint density at radius 3 is 2.43 bits per heavy atom. The predicted octanol–water partition coefficient (Wildman–Crippen LogP) is 4.85. The summed E-state index contributed by atoms with van der Waals surface area (Å²) in [6.07, 6.45) is 4.20. The molecule has 0 bridgehead atoms. The molecule has 0 amide bonds. The van der Waals surface area contributed by atoms with Crippen LogP contribution in [-0.4, -0.2) is 8.86 Å². The molecule has 0 N–H and O–H groups in total. The number of halogens is 3. The third-order valence-electron chi connectivity index (χ3n) is 2.42. The molecule has 0 atom stereocenters. The van der Waals surface area contributed by atoms with Crippen LogP contribution in [0.1, 0.15) is 19.3 Å². The molecule has 0 saturated carbocycles. The molecular weight excluding hydrogens is 330 g/mol. The van der Waals surface area contributed by atoms with Gasteiger partial charge in [0.25, 0.3) is 0 Å². The quantitative estimate of drug-likeness (QED) is 0.388. The zero-order valence-corrected chi connectivity index (χ0v) is 11.6. The van der Waals surface area contributed by atoms with Crippen LogP contribution in [0.15, 0.2) is 18.2 Å². The number of alkyl halides is 2. The van der Waals surface area contributed by atoms with E-state index in [1.165, 1.54) is 31.7 Å². The van der Waals surface area contributed by atoms with E-state index in [1.807, 2.05) is 12.1 Å². The molecule has 1 heterocycles. The molecule has 1 fully saturated rings. The molecule has 0 aromatic heterocycles. The molecule has 1 saturated heterocycles. The van der Waals surface area contributed by atoms with Crippen LogP contribution in [-0.2, 0) is 0 Å². The van der Waals surface area contributed by atoms with E-state index in [-0.39, 0.29) is 0 Å². The Morgan fingerprint density at radius 2 is 1.71 bits per heavy atom. The first-order valence-electron chi connectivity index (χ1n) is 4.85. The van der Waals surface area contributed by atoms with Gasteiger partial charge in [0.1, 0.15) is 0 Å². The molecule has 0 nitrogen and oxygen atoms in total. The molecule has 0 aliphatic carbocycles. The molecule has 2 rings (SSSR count). The maximum atomic E-state index is 6.23. The first kappa shape index (κ1) is 11.0. The van der Waals surface area contributed by atoms with Gasteiger partial charge in [-0.1, -0.05) is 0 Å².